The maximum atomic E-state index is 5.69. The van der Waals surface area contributed by atoms with Crippen molar-refractivity contribution in [3.8, 4) is 0 Å². The molecule has 0 unspecified atom stereocenters. The predicted octanol–water partition coefficient (Wildman–Crippen LogP) is 1.46. The van der Waals surface area contributed by atoms with E-state index < -0.39 is 0 Å². The van der Waals surface area contributed by atoms with Gasteiger partial charge in [-0.3, -0.25) is 0 Å². The molecular weight excluding hydrogens is 208 g/mol. The molecule has 1 aromatic carbocycles. The van der Waals surface area contributed by atoms with E-state index in [1.165, 1.54) is 0 Å². The molecule has 1 aromatic heterocycles. The number of thioether (sulfide) groups is 1. The first kappa shape index (κ1) is 10.3. The zero-order valence-corrected chi connectivity index (χ0v) is 9.40. The van der Waals surface area contributed by atoms with Crippen LogP contribution in [0.1, 0.15) is 0 Å². The molecule has 2 aromatic rings. The topological polar surface area (TPSA) is 66.7 Å². The predicted molar refractivity (Wildman–Crippen MR) is 65.2 cm³/mol. The second kappa shape index (κ2) is 4.55. The molecule has 0 bridgehead atoms. The molecule has 0 aliphatic carbocycles. The van der Waals surface area contributed by atoms with Crippen molar-refractivity contribution in [2.45, 2.75) is 5.16 Å². The zero-order valence-electron chi connectivity index (χ0n) is 8.58. The first-order chi connectivity index (χ1) is 7.29. The van der Waals surface area contributed by atoms with Gasteiger partial charge in [-0.1, -0.05) is 11.8 Å². The van der Waals surface area contributed by atoms with E-state index in [0.29, 0.717) is 0 Å². The Labute approximate surface area is 92.6 Å². The summed E-state index contributed by atoms with van der Waals surface area (Å²) < 4.78 is 0. The number of nitrogen functional groups attached to an aromatic ring is 1. The third kappa shape index (κ3) is 2.43. The summed E-state index contributed by atoms with van der Waals surface area (Å²) in [5.41, 5.74) is 8.42. The van der Waals surface area contributed by atoms with Gasteiger partial charge in [0.05, 0.1) is 11.0 Å². The highest BCUT2D eigenvalue weighted by Crippen LogP contribution is 2.20. The summed E-state index contributed by atoms with van der Waals surface area (Å²) in [6, 6.07) is 5.71. The van der Waals surface area contributed by atoms with Gasteiger partial charge in [-0.15, -0.1) is 0 Å². The Morgan fingerprint density at radius 1 is 1.53 bits per heavy atom. The largest absolute Gasteiger partial charge is 0.399 e. The van der Waals surface area contributed by atoms with Crippen LogP contribution in [0, 0.1) is 0 Å². The van der Waals surface area contributed by atoms with Gasteiger partial charge in [0.2, 0.25) is 0 Å². The third-order valence-electron chi connectivity index (χ3n) is 2.08. The van der Waals surface area contributed by atoms with Crippen molar-refractivity contribution in [3.63, 3.8) is 0 Å². The van der Waals surface area contributed by atoms with E-state index in [4.69, 9.17) is 5.73 Å². The summed E-state index contributed by atoms with van der Waals surface area (Å²) in [5.74, 6) is 1.01. The van der Waals surface area contributed by atoms with Gasteiger partial charge in [-0.05, 0) is 25.2 Å². The van der Waals surface area contributed by atoms with Gasteiger partial charge >= 0.3 is 0 Å². The first-order valence-corrected chi connectivity index (χ1v) is 5.81. The van der Waals surface area contributed by atoms with Crippen molar-refractivity contribution < 1.29 is 0 Å². The van der Waals surface area contributed by atoms with Crippen LogP contribution in [0.2, 0.25) is 0 Å². The molecule has 0 aliphatic rings. The molecule has 0 amide bonds. The highest BCUT2D eigenvalue weighted by atomic mass is 32.2. The summed E-state index contributed by atoms with van der Waals surface area (Å²) in [5, 5.41) is 4.05. The summed E-state index contributed by atoms with van der Waals surface area (Å²) in [4.78, 5) is 7.69. The summed E-state index contributed by atoms with van der Waals surface area (Å²) in [6.45, 7) is 0.976. The number of rotatable bonds is 4. The number of nitrogens with one attached hydrogen (secondary N) is 2. The molecular formula is C10H14N4S. The van der Waals surface area contributed by atoms with Gasteiger partial charge in [0.15, 0.2) is 5.16 Å². The number of H-pyrrole nitrogens is 1. The lowest BCUT2D eigenvalue weighted by atomic mass is 10.3. The normalized spacial score (nSPS) is 11.0. The molecule has 80 valence electrons. The fraction of sp³-hybridized carbons (Fsp3) is 0.300. The van der Waals surface area contributed by atoms with Crippen molar-refractivity contribution in [1.82, 2.24) is 15.3 Å². The minimum absolute atomic E-state index is 0.762. The van der Waals surface area contributed by atoms with Crippen LogP contribution in [0.5, 0.6) is 0 Å². The van der Waals surface area contributed by atoms with Crippen molar-refractivity contribution >= 4 is 28.5 Å². The van der Waals surface area contributed by atoms with Crippen molar-refractivity contribution in [3.05, 3.63) is 18.2 Å². The average molecular weight is 222 g/mol. The smallest absolute Gasteiger partial charge is 0.166 e. The van der Waals surface area contributed by atoms with Crippen LogP contribution >= 0.6 is 11.8 Å². The number of imidazole rings is 1. The Kier molecular flexibility index (Phi) is 3.13. The van der Waals surface area contributed by atoms with Crippen LogP contribution in [-0.2, 0) is 0 Å². The molecule has 0 fully saturated rings. The fourth-order valence-electron chi connectivity index (χ4n) is 1.32. The minimum atomic E-state index is 0.762. The fourth-order valence-corrected chi connectivity index (χ4v) is 2.17. The van der Waals surface area contributed by atoms with Crippen LogP contribution in [0.4, 0.5) is 5.69 Å². The lowest BCUT2D eigenvalue weighted by molar-refractivity contribution is 0.870. The number of hydrogen-bond acceptors (Lipinski definition) is 4. The number of fused-ring (bicyclic) bond motifs is 1. The number of aromatic amines is 1. The number of anilines is 1. The number of benzene rings is 1. The number of nitrogens with zero attached hydrogens (tertiary/aromatic N) is 1. The molecule has 0 atom stereocenters. The molecule has 1 heterocycles. The molecule has 0 saturated carbocycles. The first-order valence-electron chi connectivity index (χ1n) is 4.82. The summed E-state index contributed by atoms with van der Waals surface area (Å²) >= 11 is 1.71. The molecule has 0 aliphatic heterocycles. The molecule has 0 radical (unpaired) electrons. The van der Waals surface area contributed by atoms with Crippen LogP contribution in [0.25, 0.3) is 11.0 Å². The van der Waals surface area contributed by atoms with E-state index in [-0.39, 0.29) is 0 Å². The monoisotopic (exact) mass is 222 g/mol. The van der Waals surface area contributed by atoms with Crippen molar-refractivity contribution in [1.29, 1.82) is 0 Å². The van der Waals surface area contributed by atoms with Crippen LogP contribution in [-0.4, -0.2) is 29.3 Å². The van der Waals surface area contributed by atoms with E-state index in [0.717, 1.165) is 34.2 Å². The van der Waals surface area contributed by atoms with E-state index in [1.54, 1.807) is 11.8 Å². The molecule has 0 saturated heterocycles. The van der Waals surface area contributed by atoms with Crippen molar-refractivity contribution in [2.24, 2.45) is 0 Å². The molecule has 0 spiro atoms. The van der Waals surface area contributed by atoms with Crippen LogP contribution in [0.15, 0.2) is 23.4 Å². The molecule has 4 nitrogen and oxygen atoms in total. The van der Waals surface area contributed by atoms with E-state index >= 15 is 0 Å². The molecule has 15 heavy (non-hydrogen) atoms. The second-order valence-electron chi connectivity index (χ2n) is 3.27. The number of aromatic nitrogens is 2. The molecule has 2 rings (SSSR count). The van der Waals surface area contributed by atoms with E-state index in [9.17, 15) is 0 Å². The maximum Gasteiger partial charge on any atom is 0.166 e. The van der Waals surface area contributed by atoms with Gasteiger partial charge in [0, 0.05) is 18.0 Å². The van der Waals surface area contributed by atoms with Gasteiger partial charge < -0.3 is 16.0 Å². The average Bonchev–Trinajstić information content (AvgIpc) is 2.60. The van der Waals surface area contributed by atoms with E-state index in [1.807, 2.05) is 25.2 Å². The lowest BCUT2D eigenvalue weighted by Crippen LogP contribution is -2.09. The Hall–Kier alpha value is -1.20. The third-order valence-corrected chi connectivity index (χ3v) is 2.95. The lowest BCUT2D eigenvalue weighted by Gasteiger charge is -1.95. The highest BCUT2D eigenvalue weighted by molar-refractivity contribution is 7.99. The Balaban J connectivity index is 2.16. The minimum Gasteiger partial charge on any atom is -0.399 e. The van der Waals surface area contributed by atoms with Crippen molar-refractivity contribution in [2.75, 3.05) is 25.1 Å². The Morgan fingerprint density at radius 2 is 2.40 bits per heavy atom. The molecule has 5 heteroatoms. The Morgan fingerprint density at radius 3 is 3.20 bits per heavy atom. The SMILES string of the molecule is CNCCSc1nc2ccc(N)cc2[nH]1. The summed E-state index contributed by atoms with van der Waals surface area (Å²) in [7, 11) is 1.94. The maximum absolute atomic E-state index is 5.69. The highest BCUT2D eigenvalue weighted by Gasteiger charge is 2.02. The Bertz CT molecular complexity index is 452. The standard InChI is InChI=1S/C10H14N4S/c1-12-4-5-15-10-13-8-3-2-7(11)6-9(8)14-10/h2-3,6,12H,4-5,11H2,1H3,(H,13,14). The number of nitrogens with two attached hydrogens (primary N) is 1. The quantitative estimate of drug-likeness (QED) is 0.416. The van der Waals surface area contributed by atoms with Crippen LogP contribution in [0.3, 0.4) is 0 Å². The van der Waals surface area contributed by atoms with Gasteiger partial charge in [-0.25, -0.2) is 4.98 Å². The summed E-state index contributed by atoms with van der Waals surface area (Å²) in [6.07, 6.45) is 0. The zero-order chi connectivity index (χ0) is 10.7. The van der Waals surface area contributed by atoms with Crippen LogP contribution < -0.4 is 11.1 Å². The molecule has 4 N–H and O–H groups in total. The van der Waals surface area contributed by atoms with E-state index in [2.05, 4.69) is 15.3 Å². The van der Waals surface area contributed by atoms with Gasteiger partial charge in [0.25, 0.3) is 0 Å². The van der Waals surface area contributed by atoms with Gasteiger partial charge in [0.1, 0.15) is 0 Å². The number of hydrogen-bond donors (Lipinski definition) is 3. The van der Waals surface area contributed by atoms with Gasteiger partial charge in [-0.2, -0.15) is 0 Å². The second-order valence-corrected chi connectivity index (χ2v) is 4.35.